The van der Waals surface area contributed by atoms with E-state index in [0.29, 0.717) is 5.41 Å². The van der Waals surface area contributed by atoms with Gasteiger partial charge in [0.2, 0.25) is 0 Å². The van der Waals surface area contributed by atoms with E-state index in [1.54, 1.807) is 11.3 Å². The Hall–Kier alpha value is -0.840. The van der Waals surface area contributed by atoms with Crippen LogP contribution in [-0.2, 0) is 0 Å². The van der Waals surface area contributed by atoms with Crippen LogP contribution in [0.1, 0.15) is 26.7 Å². The Kier molecular flexibility index (Phi) is 5.47. The zero-order valence-corrected chi connectivity index (χ0v) is 14.4. The molecule has 2 aromatic rings. The van der Waals surface area contributed by atoms with Crippen molar-refractivity contribution in [3.8, 4) is 0 Å². The van der Waals surface area contributed by atoms with Crippen molar-refractivity contribution in [1.82, 2.24) is 9.88 Å². The summed E-state index contributed by atoms with van der Waals surface area (Å²) in [5, 5.41) is 4.52. The van der Waals surface area contributed by atoms with Crippen LogP contribution < -0.4 is 5.32 Å². The van der Waals surface area contributed by atoms with E-state index in [0.717, 1.165) is 23.7 Å². The molecule has 0 unspecified atom stereocenters. The van der Waals surface area contributed by atoms with Crippen molar-refractivity contribution in [1.29, 1.82) is 0 Å². The smallest absolute Gasteiger partial charge is 0.183 e. The van der Waals surface area contributed by atoms with E-state index >= 15 is 0 Å². The van der Waals surface area contributed by atoms with Crippen molar-refractivity contribution in [3.05, 3.63) is 24.3 Å². The number of nitrogens with one attached hydrogen (secondary N) is 1. The first kappa shape index (κ1) is 16.5. The highest BCUT2D eigenvalue weighted by Crippen LogP contribution is 2.28. The van der Waals surface area contributed by atoms with Gasteiger partial charge in [0.05, 0.1) is 10.2 Å². The number of fused-ring (bicyclic) bond motifs is 1. The second-order valence-electron chi connectivity index (χ2n) is 6.46. The number of anilines is 1. The number of thiazole rings is 1. The van der Waals surface area contributed by atoms with Gasteiger partial charge >= 0.3 is 0 Å². The molecule has 1 fully saturated rings. The van der Waals surface area contributed by atoms with Crippen LogP contribution in [0.3, 0.4) is 0 Å². The summed E-state index contributed by atoms with van der Waals surface area (Å²) in [7, 11) is 0. The number of halogens is 1. The van der Waals surface area contributed by atoms with E-state index < -0.39 is 0 Å². The summed E-state index contributed by atoms with van der Waals surface area (Å²) in [6.45, 7) is 9.30. The van der Waals surface area contributed by atoms with Crippen LogP contribution >= 0.6 is 23.7 Å². The van der Waals surface area contributed by atoms with Crippen LogP contribution in [0.15, 0.2) is 24.3 Å². The standard InChI is InChI=1S/C16H23N3S.ClH/c1-16(2)8-5-10-19(12-16)11-9-17-15-18-13-6-3-4-7-14(13)20-15;/h3-4,6-7H,5,8-12H2,1-2H3,(H,17,18);1H. The van der Waals surface area contributed by atoms with E-state index in [4.69, 9.17) is 0 Å². The van der Waals surface area contributed by atoms with Crippen molar-refractivity contribution >= 4 is 39.1 Å². The van der Waals surface area contributed by atoms with E-state index in [-0.39, 0.29) is 12.4 Å². The van der Waals surface area contributed by atoms with Crippen LogP contribution in [0.5, 0.6) is 0 Å². The number of para-hydroxylation sites is 1. The molecule has 0 amide bonds. The molecule has 0 bridgehead atoms. The molecule has 2 heterocycles. The average Bonchev–Trinajstić information content (AvgIpc) is 2.80. The van der Waals surface area contributed by atoms with Crippen molar-refractivity contribution in [2.75, 3.05) is 31.5 Å². The fourth-order valence-corrected chi connectivity index (χ4v) is 3.90. The van der Waals surface area contributed by atoms with Crippen LogP contribution in [0.2, 0.25) is 0 Å². The van der Waals surface area contributed by atoms with E-state index in [1.807, 2.05) is 6.07 Å². The van der Waals surface area contributed by atoms with Crippen LogP contribution in [-0.4, -0.2) is 36.1 Å². The third-order valence-electron chi connectivity index (χ3n) is 3.98. The largest absolute Gasteiger partial charge is 0.360 e. The Morgan fingerprint density at radius 2 is 2.14 bits per heavy atom. The summed E-state index contributed by atoms with van der Waals surface area (Å²) in [5.74, 6) is 0. The topological polar surface area (TPSA) is 28.2 Å². The van der Waals surface area contributed by atoms with Gasteiger partial charge in [-0.05, 0) is 36.9 Å². The monoisotopic (exact) mass is 325 g/mol. The van der Waals surface area contributed by atoms with E-state index in [9.17, 15) is 0 Å². The molecule has 116 valence electrons. The summed E-state index contributed by atoms with van der Waals surface area (Å²) >= 11 is 1.74. The summed E-state index contributed by atoms with van der Waals surface area (Å²) < 4.78 is 1.26. The Balaban J connectivity index is 0.00000161. The fourth-order valence-electron chi connectivity index (χ4n) is 3.00. The average molecular weight is 326 g/mol. The maximum atomic E-state index is 4.61. The molecule has 5 heteroatoms. The predicted octanol–water partition coefficient (Wildman–Crippen LogP) is 4.25. The number of hydrogen-bond donors (Lipinski definition) is 1. The van der Waals surface area contributed by atoms with Crippen LogP contribution in [0, 0.1) is 5.41 Å². The lowest BCUT2D eigenvalue weighted by atomic mass is 9.84. The summed E-state index contributed by atoms with van der Waals surface area (Å²) in [4.78, 5) is 7.19. The predicted molar refractivity (Wildman–Crippen MR) is 94.8 cm³/mol. The zero-order chi connectivity index (χ0) is 14.0. The number of nitrogens with zero attached hydrogens (tertiary/aromatic N) is 2. The number of rotatable bonds is 4. The third kappa shape index (κ3) is 4.31. The van der Waals surface area contributed by atoms with E-state index in [1.165, 1.54) is 30.6 Å². The van der Waals surface area contributed by atoms with Gasteiger partial charge in [0.25, 0.3) is 0 Å². The Morgan fingerprint density at radius 3 is 2.90 bits per heavy atom. The number of benzene rings is 1. The van der Waals surface area contributed by atoms with Gasteiger partial charge < -0.3 is 10.2 Å². The quantitative estimate of drug-likeness (QED) is 0.910. The Bertz CT molecular complexity index is 549. The van der Waals surface area contributed by atoms with Gasteiger partial charge in [0.15, 0.2) is 5.13 Å². The summed E-state index contributed by atoms with van der Waals surface area (Å²) in [6.07, 6.45) is 2.68. The molecule has 1 saturated heterocycles. The molecule has 1 aromatic heterocycles. The van der Waals surface area contributed by atoms with Crippen molar-refractivity contribution in [3.63, 3.8) is 0 Å². The molecule has 1 N–H and O–H groups in total. The molecule has 0 aliphatic carbocycles. The highest BCUT2D eigenvalue weighted by atomic mass is 35.5. The van der Waals surface area contributed by atoms with Crippen molar-refractivity contribution < 1.29 is 0 Å². The maximum Gasteiger partial charge on any atom is 0.183 e. The lowest BCUT2D eigenvalue weighted by molar-refractivity contribution is 0.122. The minimum absolute atomic E-state index is 0. The molecule has 1 aliphatic rings. The molecule has 0 spiro atoms. The van der Waals surface area contributed by atoms with Gasteiger partial charge in [-0.15, -0.1) is 12.4 Å². The first-order valence-electron chi connectivity index (χ1n) is 7.44. The van der Waals surface area contributed by atoms with Gasteiger partial charge in [0.1, 0.15) is 0 Å². The fraction of sp³-hybridized carbons (Fsp3) is 0.562. The number of likely N-dealkylation sites (tertiary alicyclic amines) is 1. The molecule has 1 aromatic carbocycles. The highest BCUT2D eigenvalue weighted by molar-refractivity contribution is 7.22. The van der Waals surface area contributed by atoms with E-state index in [2.05, 4.69) is 47.2 Å². The van der Waals surface area contributed by atoms with Crippen molar-refractivity contribution in [2.24, 2.45) is 5.41 Å². The molecular formula is C16H24ClN3S. The summed E-state index contributed by atoms with van der Waals surface area (Å²) in [6, 6.07) is 8.32. The number of piperidine rings is 1. The van der Waals surface area contributed by atoms with Gasteiger partial charge in [-0.25, -0.2) is 4.98 Å². The molecule has 3 rings (SSSR count). The first-order chi connectivity index (χ1) is 9.62. The second kappa shape index (κ2) is 6.95. The molecule has 21 heavy (non-hydrogen) atoms. The van der Waals surface area contributed by atoms with Gasteiger partial charge in [0, 0.05) is 19.6 Å². The Labute approximate surface area is 137 Å². The maximum absolute atomic E-state index is 4.61. The van der Waals surface area contributed by atoms with Crippen LogP contribution in [0.25, 0.3) is 10.2 Å². The third-order valence-corrected chi connectivity index (χ3v) is 4.97. The van der Waals surface area contributed by atoms with Crippen LogP contribution in [0.4, 0.5) is 5.13 Å². The zero-order valence-electron chi connectivity index (χ0n) is 12.8. The lowest BCUT2D eigenvalue weighted by Gasteiger charge is -2.38. The van der Waals surface area contributed by atoms with Crippen molar-refractivity contribution in [2.45, 2.75) is 26.7 Å². The number of hydrogen-bond acceptors (Lipinski definition) is 4. The molecule has 0 saturated carbocycles. The first-order valence-corrected chi connectivity index (χ1v) is 8.26. The Morgan fingerprint density at radius 1 is 1.33 bits per heavy atom. The lowest BCUT2D eigenvalue weighted by Crippen LogP contribution is -2.42. The molecule has 0 atom stereocenters. The number of aromatic nitrogens is 1. The molecule has 3 nitrogen and oxygen atoms in total. The van der Waals surface area contributed by atoms with Gasteiger partial charge in [-0.3, -0.25) is 0 Å². The second-order valence-corrected chi connectivity index (χ2v) is 7.49. The molecular weight excluding hydrogens is 302 g/mol. The molecule has 1 aliphatic heterocycles. The highest BCUT2D eigenvalue weighted by Gasteiger charge is 2.25. The van der Waals surface area contributed by atoms with Gasteiger partial charge in [-0.2, -0.15) is 0 Å². The SMILES string of the molecule is CC1(C)CCCN(CCNc2nc3ccccc3s2)C1.Cl. The molecule has 0 radical (unpaired) electrons. The normalized spacial score (nSPS) is 18.4. The minimum Gasteiger partial charge on any atom is -0.360 e. The minimum atomic E-state index is 0. The summed E-state index contributed by atoms with van der Waals surface area (Å²) in [5.41, 5.74) is 1.58. The van der Waals surface area contributed by atoms with Gasteiger partial charge in [-0.1, -0.05) is 37.3 Å².